The first-order chi connectivity index (χ1) is 7.16. The Balaban J connectivity index is 2.03. The highest BCUT2D eigenvalue weighted by Crippen LogP contribution is 2.32. The highest BCUT2D eigenvalue weighted by Gasteiger charge is 2.29. The number of halogens is 1. The van der Waals surface area contributed by atoms with Crippen molar-refractivity contribution >= 4 is 17.4 Å². The van der Waals surface area contributed by atoms with Crippen LogP contribution in [-0.2, 0) is 0 Å². The Kier molecular flexibility index (Phi) is 3.10. The van der Waals surface area contributed by atoms with Gasteiger partial charge in [-0.2, -0.15) is 0 Å². The molecule has 1 aromatic heterocycles. The lowest BCUT2D eigenvalue weighted by Gasteiger charge is -2.19. The van der Waals surface area contributed by atoms with Crippen molar-refractivity contribution < 1.29 is 0 Å². The van der Waals surface area contributed by atoms with Crippen molar-refractivity contribution in [2.75, 3.05) is 5.32 Å². The van der Waals surface area contributed by atoms with E-state index in [0.717, 1.165) is 11.7 Å². The number of aromatic nitrogens is 2. The molecule has 1 heterocycles. The van der Waals surface area contributed by atoms with Crippen LogP contribution in [0.4, 0.5) is 5.82 Å². The van der Waals surface area contributed by atoms with E-state index >= 15 is 0 Å². The van der Waals surface area contributed by atoms with Gasteiger partial charge in [0, 0.05) is 12.2 Å². The van der Waals surface area contributed by atoms with Crippen LogP contribution in [0.3, 0.4) is 0 Å². The predicted molar refractivity (Wildman–Crippen MR) is 62.0 cm³/mol. The average Bonchev–Trinajstić information content (AvgIpc) is 2.50. The zero-order chi connectivity index (χ0) is 10.8. The molecule has 3 atom stereocenters. The first kappa shape index (κ1) is 10.7. The zero-order valence-electron chi connectivity index (χ0n) is 9.07. The van der Waals surface area contributed by atoms with Gasteiger partial charge in [0.15, 0.2) is 0 Å². The molecule has 1 aliphatic rings. The maximum absolute atomic E-state index is 5.73. The molecule has 3 nitrogen and oxygen atoms in total. The number of nitrogens with one attached hydrogen (secondary N) is 1. The van der Waals surface area contributed by atoms with E-state index in [2.05, 4.69) is 29.1 Å². The standard InChI is InChI=1S/C11H16ClN3/c1-7-3-4-9(8(7)2)14-10-5-6-13-11(12)15-10/h5-9H,3-4H2,1-2H3,(H,13,14,15). The normalized spacial score (nSPS) is 30.5. The van der Waals surface area contributed by atoms with Crippen LogP contribution in [0.15, 0.2) is 12.3 Å². The summed E-state index contributed by atoms with van der Waals surface area (Å²) in [4.78, 5) is 8.00. The van der Waals surface area contributed by atoms with Gasteiger partial charge >= 0.3 is 0 Å². The van der Waals surface area contributed by atoms with E-state index in [1.807, 2.05) is 6.07 Å². The molecule has 1 aliphatic carbocycles. The monoisotopic (exact) mass is 225 g/mol. The van der Waals surface area contributed by atoms with Crippen LogP contribution >= 0.6 is 11.6 Å². The Bertz CT molecular complexity index is 342. The first-order valence-corrected chi connectivity index (χ1v) is 5.79. The molecular weight excluding hydrogens is 210 g/mol. The van der Waals surface area contributed by atoms with Crippen LogP contribution in [0.1, 0.15) is 26.7 Å². The van der Waals surface area contributed by atoms with Crippen molar-refractivity contribution in [3.8, 4) is 0 Å². The minimum Gasteiger partial charge on any atom is -0.367 e. The SMILES string of the molecule is CC1CCC(Nc2ccnc(Cl)n2)C1C. The lowest BCUT2D eigenvalue weighted by Crippen LogP contribution is -2.24. The summed E-state index contributed by atoms with van der Waals surface area (Å²) in [6, 6.07) is 2.38. The first-order valence-electron chi connectivity index (χ1n) is 5.42. The summed E-state index contributed by atoms with van der Waals surface area (Å²) in [6.07, 6.45) is 4.18. The summed E-state index contributed by atoms with van der Waals surface area (Å²) in [5.74, 6) is 2.32. The summed E-state index contributed by atoms with van der Waals surface area (Å²) in [7, 11) is 0. The largest absolute Gasteiger partial charge is 0.367 e. The zero-order valence-corrected chi connectivity index (χ0v) is 9.83. The molecule has 82 valence electrons. The molecule has 4 heteroatoms. The molecule has 0 spiro atoms. The maximum Gasteiger partial charge on any atom is 0.224 e. The van der Waals surface area contributed by atoms with Gasteiger partial charge in [-0.1, -0.05) is 13.8 Å². The molecule has 0 saturated heterocycles. The minimum atomic E-state index is 0.304. The second kappa shape index (κ2) is 4.35. The van der Waals surface area contributed by atoms with E-state index in [1.54, 1.807) is 6.20 Å². The summed E-state index contributed by atoms with van der Waals surface area (Å²) >= 11 is 5.73. The van der Waals surface area contributed by atoms with Gasteiger partial charge < -0.3 is 5.32 Å². The van der Waals surface area contributed by atoms with Gasteiger partial charge in [-0.25, -0.2) is 9.97 Å². The number of hydrogen-bond acceptors (Lipinski definition) is 3. The number of nitrogens with zero attached hydrogens (tertiary/aromatic N) is 2. The molecular formula is C11H16ClN3. The molecule has 1 fully saturated rings. The number of anilines is 1. The Morgan fingerprint density at radius 1 is 1.40 bits per heavy atom. The fourth-order valence-corrected chi connectivity index (χ4v) is 2.32. The van der Waals surface area contributed by atoms with E-state index in [-0.39, 0.29) is 0 Å². The Morgan fingerprint density at radius 2 is 2.20 bits per heavy atom. The fraction of sp³-hybridized carbons (Fsp3) is 0.636. The second-order valence-corrected chi connectivity index (χ2v) is 4.71. The van der Waals surface area contributed by atoms with Crippen LogP contribution in [0.25, 0.3) is 0 Å². The van der Waals surface area contributed by atoms with E-state index in [4.69, 9.17) is 11.6 Å². The van der Waals surface area contributed by atoms with Crippen LogP contribution in [0.5, 0.6) is 0 Å². The minimum absolute atomic E-state index is 0.304. The molecule has 0 aromatic carbocycles. The molecule has 15 heavy (non-hydrogen) atoms. The quantitative estimate of drug-likeness (QED) is 0.787. The molecule has 0 radical (unpaired) electrons. The second-order valence-electron chi connectivity index (χ2n) is 4.38. The topological polar surface area (TPSA) is 37.8 Å². The van der Waals surface area contributed by atoms with Gasteiger partial charge in [0.2, 0.25) is 5.28 Å². The van der Waals surface area contributed by atoms with E-state index < -0.39 is 0 Å². The molecule has 1 saturated carbocycles. The number of rotatable bonds is 2. The van der Waals surface area contributed by atoms with Crippen molar-refractivity contribution in [2.45, 2.75) is 32.7 Å². The lowest BCUT2D eigenvalue weighted by molar-refractivity contribution is 0.435. The molecule has 0 bridgehead atoms. The van der Waals surface area contributed by atoms with Crippen LogP contribution in [-0.4, -0.2) is 16.0 Å². The fourth-order valence-electron chi connectivity index (χ4n) is 2.17. The van der Waals surface area contributed by atoms with Crippen molar-refractivity contribution in [3.05, 3.63) is 17.5 Å². The van der Waals surface area contributed by atoms with Gasteiger partial charge in [0.1, 0.15) is 5.82 Å². The van der Waals surface area contributed by atoms with E-state index in [1.165, 1.54) is 12.8 Å². The van der Waals surface area contributed by atoms with Crippen molar-refractivity contribution in [2.24, 2.45) is 11.8 Å². The third-order valence-corrected chi connectivity index (χ3v) is 3.61. The average molecular weight is 226 g/mol. The summed E-state index contributed by atoms with van der Waals surface area (Å²) in [5.41, 5.74) is 0. The Morgan fingerprint density at radius 3 is 2.80 bits per heavy atom. The van der Waals surface area contributed by atoms with Gasteiger partial charge in [-0.05, 0) is 42.3 Å². The molecule has 1 aromatic rings. The summed E-state index contributed by atoms with van der Waals surface area (Å²) in [6.45, 7) is 4.59. The highest BCUT2D eigenvalue weighted by atomic mass is 35.5. The van der Waals surface area contributed by atoms with Gasteiger partial charge in [0.05, 0.1) is 0 Å². The van der Waals surface area contributed by atoms with Crippen molar-refractivity contribution in [1.29, 1.82) is 0 Å². The third-order valence-electron chi connectivity index (χ3n) is 3.42. The molecule has 1 N–H and O–H groups in total. The highest BCUT2D eigenvalue weighted by molar-refractivity contribution is 6.28. The van der Waals surface area contributed by atoms with Gasteiger partial charge in [0.25, 0.3) is 0 Å². The molecule has 3 unspecified atom stereocenters. The van der Waals surface area contributed by atoms with Crippen LogP contribution < -0.4 is 5.32 Å². The van der Waals surface area contributed by atoms with Crippen LogP contribution in [0, 0.1) is 11.8 Å². The Labute approximate surface area is 95.3 Å². The smallest absolute Gasteiger partial charge is 0.224 e. The van der Waals surface area contributed by atoms with Gasteiger partial charge in [-0.15, -0.1) is 0 Å². The predicted octanol–water partition coefficient (Wildman–Crippen LogP) is 2.98. The lowest BCUT2D eigenvalue weighted by atomic mass is 9.98. The maximum atomic E-state index is 5.73. The van der Waals surface area contributed by atoms with Crippen molar-refractivity contribution in [1.82, 2.24) is 9.97 Å². The third kappa shape index (κ3) is 2.40. The summed E-state index contributed by atoms with van der Waals surface area (Å²) in [5, 5.41) is 3.73. The van der Waals surface area contributed by atoms with E-state index in [0.29, 0.717) is 17.2 Å². The van der Waals surface area contributed by atoms with Crippen LogP contribution in [0.2, 0.25) is 5.28 Å². The Hall–Kier alpha value is -0.830. The van der Waals surface area contributed by atoms with E-state index in [9.17, 15) is 0 Å². The number of hydrogen-bond donors (Lipinski definition) is 1. The summed E-state index contributed by atoms with van der Waals surface area (Å²) < 4.78 is 0. The van der Waals surface area contributed by atoms with Crippen molar-refractivity contribution in [3.63, 3.8) is 0 Å². The molecule has 2 rings (SSSR count). The molecule has 0 amide bonds. The molecule has 0 aliphatic heterocycles. The van der Waals surface area contributed by atoms with Gasteiger partial charge in [-0.3, -0.25) is 0 Å².